The lowest BCUT2D eigenvalue weighted by molar-refractivity contribution is -0.137. The molecule has 0 bridgehead atoms. The van der Waals surface area contributed by atoms with E-state index in [4.69, 9.17) is 9.47 Å². The number of alkyl halides is 1. The molecule has 1 fully saturated rings. The van der Waals surface area contributed by atoms with Crippen molar-refractivity contribution in [1.82, 2.24) is 0 Å². The van der Waals surface area contributed by atoms with Gasteiger partial charge in [0.15, 0.2) is 0 Å². The molecule has 0 amide bonds. The van der Waals surface area contributed by atoms with Crippen LogP contribution in [0, 0.1) is 5.41 Å². The fourth-order valence-corrected chi connectivity index (χ4v) is 2.96. The molecule has 1 heterocycles. The molecule has 0 radical (unpaired) electrons. The second-order valence-electron chi connectivity index (χ2n) is 6.58. The highest BCUT2D eigenvalue weighted by Gasteiger charge is 2.33. The van der Waals surface area contributed by atoms with Crippen LogP contribution in [0.4, 0.5) is 0 Å². The number of halogens is 1. The fraction of sp³-hybridized carbons (Fsp3) is 1.00. The van der Waals surface area contributed by atoms with E-state index in [2.05, 4.69) is 22.9 Å². The number of hydrogen-bond acceptors (Lipinski definition) is 2. The first-order valence-corrected chi connectivity index (χ1v) is 9.60. The largest absolute Gasteiger partial charge is 0.381 e. The van der Waals surface area contributed by atoms with Gasteiger partial charge in [-0.15, -0.1) is 0 Å². The van der Waals surface area contributed by atoms with Crippen LogP contribution in [0.2, 0.25) is 0 Å². The van der Waals surface area contributed by atoms with Crippen molar-refractivity contribution < 1.29 is 9.47 Å². The molecule has 0 atom stereocenters. The summed E-state index contributed by atoms with van der Waals surface area (Å²) in [6, 6.07) is 0. The predicted octanol–water partition coefficient (Wildman–Crippen LogP) is 5.34. The normalized spacial score (nSPS) is 17.1. The number of hydrogen-bond donors (Lipinski definition) is 0. The average Bonchev–Trinajstić information content (AvgIpc) is 2.42. The van der Waals surface area contributed by atoms with Gasteiger partial charge in [-0.2, -0.15) is 0 Å². The molecule has 0 spiro atoms. The number of unbranched alkanes of at least 4 members (excludes halogenated alkanes) is 9. The zero-order valence-corrected chi connectivity index (χ0v) is 14.9. The Labute approximate surface area is 134 Å². The molecule has 0 unspecified atom stereocenters. The summed E-state index contributed by atoms with van der Waals surface area (Å²) in [6.45, 7) is 5.81. The van der Waals surface area contributed by atoms with Gasteiger partial charge in [0, 0.05) is 17.4 Å². The van der Waals surface area contributed by atoms with E-state index in [-0.39, 0.29) is 0 Å². The lowest BCUT2D eigenvalue weighted by Gasteiger charge is -2.37. The van der Waals surface area contributed by atoms with Crippen LogP contribution in [0.25, 0.3) is 0 Å². The zero-order valence-electron chi connectivity index (χ0n) is 13.3. The minimum Gasteiger partial charge on any atom is -0.381 e. The Kier molecular flexibility index (Phi) is 11.1. The molecule has 0 saturated carbocycles. The molecule has 1 aliphatic rings. The molecule has 120 valence electrons. The van der Waals surface area contributed by atoms with Gasteiger partial charge in [0.1, 0.15) is 0 Å². The van der Waals surface area contributed by atoms with Crippen LogP contribution in [0.5, 0.6) is 0 Å². The van der Waals surface area contributed by atoms with E-state index < -0.39 is 0 Å². The molecule has 2 nitrogen and oxygen atoms in total. The maximum absolute atomic E-state index is 5.74. The van der Waals surface area contributed by atoms with Gasteiger partial charge < -0.3 is 9.47 Å². The highest BCUT2D eigenvalue weighted by Crippen LogP contribution is 2.26. The summed E-state index contributed by atoms with van der Waals surface area (Å²) in [6.07, 6.45) is 13.8. The summed E-state index contributed by atoms with van der Waals surface area (Å²) in [5.41, 5.74) is 0.314. The Morgan fingerprint density at radius 1 is 0.850 bits per heavy atom. The first-order valence-electron chi connectivity index (χ1n) is 8.48. The molecular formula is C17H33BrO2. The maximum atomic E-state index is 5.74. The predicted molar refractivity (Wildman–Crippen MR) is 89.7 cm³/mol. The molecule has 0 N–H and O–H groups in total. The smallest absolute Gasteiger partial charge is 0.0564 e. The van der Waals surface area contributed by atoms with Crippen LogP contribution in [0.1, 0.15) is 71.1 Å². The van der Waals surface area contributed by atoms with E-state index in [0.717, 1.165) is 26.4 Å². The van der Waals surface area contributed by atoms with Crippen LogP contribution in [0.3, 0.4) is 0 Å². The lowest BCUT2D eigenvalue weighted by atomic mass is 9.90. The third-order valence-electron chi connectivity index (χ3n) is 4.02. The monoisotopic (exact) mass is 348 g/mol. The van der Waals surface area contributed by atoms with Crippen LogP contribution in [-0.4, -0.2) is 31.8 Å². The quantitative estimate of drug-likeness (QED) is 0.311. The summed E-state index contributed by atoms with van der Waals surface area (Å²) in [5.74, 6) is 0. The van der Waals surface area contributed by atoms with Gasteiger partial charge >= 0.3 is 0 Å². The van der Waals surface area contributed by atoms with Gasteiger partial charge in [-0.05, 0) is 12.8 Å². The minimum absolute atomic E-state index is 0.314. The van der Waals surface area contributed by atoms with E-state index in [9.17, 15) is 0 Å². The molecule has 1 aliphatic heterocycles. The fourth-order valence-electron chi connectivity index (χ4n) is 2.57. The molecule has 1 rings (SSSR count). The highest BCUT2D eigenvalue weighted by molar-refractivity contribution is 9.09. The van der Waals surface area contributed by atoms with Crippen molar-refractivity contribution >= 4 is 15.9 Å². The van der Waals surface area contributed by atoms with E-state index in [1.165, 1.54) is 69.5 Å². The standard InChI is InChI=1S/C17H33BrO2/c1-17(15-20-16-17)14-19-13-11-9-7-5-3-2-4-6-8-10-12-18/h2-16H2,1H3. The van der Waals surface area contributed by atoms with Crippen molar-refractivity contribution in [2.24, 2.45) is 5.41 Å². The Balaban J connectivity index is 1.68. The molecule has 0 aromatic heterocycles. The summed E-state index contributed by atoms with van der Waals surface area (Å²) in [5, 5.41) is 1.17. The van der Waals surface area contributed by atoms with Crippen molar-refractivity contribution in [2.45, 2.75) is 71.1 Å². The Morgan fingerprint density at radius 3 is 1.80 bits per heavy atom. The van der Waals surface area contributed by atoms with E-state index >= 15 is 0 Å². The van der Waals surface area contributed by atoms with Crippen molar-refractivity contribution in [2.75, 3.05) is 31.8 Å². The first-order chi connectivity index (χ1) is 9.77. The zero-order chi connectivity index (χ0) is 14.5. The van der Waals surface area contributed by atoms with Crippen molar-refractivity contribution in [3.63, 3.8) is 0 Å². The third-order valence-corrected chi connectivity index (χ3v) is 4.58. The van der Waals surface area contributed by atoms with Crippen LogP contribution in [-0.2, 0) is 9.47 Å². The van der Waals surface area contributed by atoms with Crippen LogP contribution >= 0.6 is 15.9 Å². The summed E-state index contributed by atoms with van der Waals surface area (Å²) < 4.78 is 11.0. The Hall–Kier alpha value is 0.400. The summed E-state index contributed by atoms with van der Waals surface area (Å²) >= 11 is 3.48. The molecule has 0 aromatic rings. The summed E-state index contributed by atoms with van der Waals surface area (Å²) in [7, 11) is 0. The van der Waals surface area contributed by atoms with Gasteiger partial charge in [0.2, 0.25) is 0 Å². The molecule has 3 heteroatoms. The molecule has 20 heavy (non-hydrogen) atoms. The number of rotatable bonds is 14. The van der Waals surface area contributed by atoms with Crippen molar-refractivity contribution in [1.29, 1.82) is 0 Å². The molecule has 1 saturated heterocycles. The topological polar surface area (TPSA) is 18.5 Å². The molecule has 0 aromatic carbocycles. The van der Waals surface area contributed by atoms with Gasteiger partial charge in [-0.3, -0.25) is 0 Å². The average molecular weight is 349 g/mol. The van der Waals surface area contributed by atoms with Crippen molar-refractivity contribution in [3.05, 3.63) is 0 Å². The minimum atomic E-state index is 0.314. The van der Waals surface area contributed by atoms with Gasteiger partial charge in [0.05, 0.1) is 19.8 Å². The SMILES string of the molecule is CC1(COCCCCCCCCCCCCBr)COC1. The molecular weight excluding hydrogens is 316 g/mol. The summed E-state index contributed by atoms with van der Waals surface area (Å²) in [4.78, 5) is 0. The second kappa shape index (κ2) is 12.0. The lowest BCUT2D eigenvalue weighted by Crippen LogP contribution is -2.43. The van der Waals surface area contributed by atoms with Gasteiger partial charge in [-0.25, -0.2) is 0 Å². The maximum Gasteiger partial charge on any atom is 0.0564 e. The van der Waals surface area contributed by atoms with E-state index in [1.54, 1.807) is 0 Å². The van der Waals surface area contributed by atoms with E-state index in [1.807, 2.05) is 0 Å². The third kappa shape index (κ3) is 9.36. The van der Waals surface area contributed by atoms with Crippen LogP contribution in [0.15, 0.2) is 0 Å². The number of ether oxygens (including phenoxy) is 2. The van der Waals surface area contributed by atoms with Crippen LogP contribution < -0.4 is 0 Å². The second-order valence-corrected chi connectivity index (χ2v) is 7.37. The van der Waals surface area contributed by atoms with Gasteiger partial charge in [-0.1, -0.05) is 74.2 Å². The Morgan fingerprint density at radius 2 is 1.35 bits per heavy atom. The highest BCUT2D eigenvalue weighted by atomic mass is 79.9. The van der Waals surface area contributed by atoms with Crippen molar-refractivity contribution in [3.8, 4) is 0 Å². The van der Waals surface area contributed by atoms with Gasteiger partial charge in [0.25, 0.3) is 0 Å². The van der Waals surface area contributed by atoms with E-state index in [0.29, 0.717) is 5.41 Å². The Bertz CT molecular complexity index is 217. The molecule has 0 aliphatic carbocycles. The first kappa shape index (κ1) is 18.4.